The molecule has 0 aromatic heterocycles. The van der Waals surface area contributed by atoms with Crippen molar-refractivity contribution in [3.63, 3.8) is 0 Å². The van der Waals surface area contributed by atoms with Gasteiger partial charge in [-0.15, -0.1) is 0 Å². The number of rotatable bonds is 8. The number of methoxy groups -OCH3 is 1. The van der Waals surface area contributed by atoms with E-state index < -0.39 is 11.8 Å². The number of fused-ring (bicyclic) bond motifs is 1. The second-order valence-corrected chi connectivity index (χ2v) is 11.1. The monoisotopic (exact) mass is 561 g/mol. The third-order valence-electron chi connectivity index (χ3n) is 8.57. The molecule has 1 amide bonds. The van der Waals surface area contributed by atoms with Crippen LogP contribution in [0.3, 0.4) is 0 Å². The smallest absolute Gasteiger partial charge is 0.337 e. The van der Waals surface area contributed by atoms with Gasteiger partial charge >= 0.3 is 5.97 Å². The number of ketones is 1. The lowest BCUT2D eigenvalue weighted by molar-refractivity contribution is -0.120. The van der Waals surface area contributed by atoms with Crippen molar-refractivity contribution in [3.05, 3.63) is 130 Å². The standard InChI is InChI=1S/C36H32FNO4/c1-42-36(41)26-11-7-10-25(20-26)27-16-14-24(15-17-34(39)31-21-30(31)23-8-3-2-4-9-23)32-22-38(19-18-28(27)32)35(40)29-12-5-6-13-33(29)37/h2-14,16,20,30-31H,15,17-19,21-22H2,1H3. The van der Waals surface area contributed by atoms with E-state index in [1.165, 1.54) is 24.8 Å². The largest absolute Gasteiger partial charge is 0.465 e. The van der Waals surface area contributed by atoms with E-state index in [4.69, 9.17) is 4.74 Å². The maximum absolute atomic E-state index is 14.5. The molecule has 4 aromatic rings. The molecule has 1 saturated carbocycles. The summed E-state index contributed by atoms with van der Waals surface area (Å²) in [6.07, 6.45) is 2.47. The molecular formula is C36H32FNO4. The van der Waals surface area contributed by atoms with Gasteiger partial charge in [0.25, 0.3) is 5.91 Å². The van der Waals surface area contributed by atoms with Gasteiger partial charge in [-0.2, -0.15) is 0 Å². The molecule has 1 aliphatic heterocycles. The summed E-state index contributed by atoms with van der Waals surface area (Å²) < 4.78 is 19.4. The van der Waals surface area contributed by atoms with Crippen LogP contribution in [0.5, 0.6) is 0 Å². The number of esters is 1. The zero-order valence-electron chi connectivity index (χ0n) is 23.5. The fraction of sp³-hybridized carbons (Fsp3) is 0.250. The van der Waals surface area contributed by atoms with E-state index in [0.717, 1.165) is 34.2 Å². The zero-order valence-corrected chi connectivity index (χ0v) is 23.5. The molecule has 6 heteroatoms. The van der Waals surface area contributed by atoms with Crippen LogP contribution in [-0.4, -0.2) is 36.2 Å². The van der Waals surface area contributed by atoms with Crippen LogP contribution in [0.25, 0.3) is 11.1 Å². The summed E-state index contributed by atoms with van der Waals surface area (Å²) in [4.78, 5) is 40.5. The van der Waals surface area contributed by atoms with Gasteiger partial charge in [0.1, 0.15) is 11.6 Å². The van der Waals surface area contributed by atoms with Crippen molar-refractivity contribution in [2.45, 2.75) is 38.1 Å². The van der Waals surface area contributed by atoms with Gasteiger partial charge in [-0.3, -0.25) is 9.59 Å². The lowest BCUT2D eigenvalue weighted by Crippen LogP contribution is -2.37. The van der Waals surface area contributed by atoms with Crippen molar-refractivity contribution in [1.29, 1.82) is 0 Å². The van der Waals surface area contributed by atoms with Gasteiger partial charge in [0.05, 0.1) is 18.2 Å². The number of nitrogens with zero attached hydrogens (tertiary/aromatic N) is 1. The van der Waals surface area contributed by atoms with Crippen LogP contribution in [0, 0.1) is 11.7 Å². The summed E-state index contributed by atoms with van der Waals surface area (Å²) in [6, 6.07) is 27.6. The Morgan fingerprint density at radius 1 is 0.905 bits per heavy atom. The lowest BCUT2D eigenvalue weighted by Gasteiger charge is -2.32. The number of hydrogen-bond donors (Lipinski definition) is 0. The Bertz CT molecular complexity index is 1660. The quantitative estimate of drug-likeness (QED) is 0.223. The normalized spacial score (nSPS) is 17.3. The van der Waals surface area contributed by atoms with Crippen LogP contribution < -0.4 is 0 Å². The van der Waals surface area contributed by atoms with E-state index in [1.54, 1.807) is 23.1 Å². The summed E-state index contributed by atoms with van der Waals surface area (Å²) in [7, 11) is 1.36. The number of Topliss-reactive ketones (excluding diaryl/α,β-unsaturated/α-hetero) is 1. The third-order valence-corrected chi connectivity index (χ3v) is 8.57. The first-order valence-corrected chi connectivity index (χ1v) is 14.4. The summed E-state index contributed by atoms with van der Waals surface area (Å²) in [5.74, 6) is -0.667. The van der Waals surface area contributed by atoms with Gasteiger partial charge in [-0.05, 0) is 82.8 Å². The third kappa shape index (κ3) is 5.49. The highest BCUT2D eigenvalue weighted by molar-refractivity contribution is 5.95. The van der Waals surface area contributed by atoms with E-state index in [9.17, 15) is 18.8 Å². The molecule has 4 aromatic carbocycles. The van der Waals surface area contributed by atoms with Crippen molar-refractivity contribution >= 4 is 17.7 Å². The SMILES string of the molecule is COC(=O)c1cccc(-c2ccc(CCC(=O)C3CC3c3ccccc3)c3c2CCN(C(=O)c2ccccc2F)C3)c1. The van der Waals surface area contributed by atoms with Crippen molar-refractivity contribution < 1.29 is 23.5 Å². The lowest BCUT2D eigenvalue weighted by atomic mass is 9.85. The maximum atomic E-state index is 14.5. The summed E-state index contributed by atoms with van der Waals surface area (Å²) in [5.41, 5.74) is 6.71. The molecule has 5 nitrogen and oxygen atoms in total. The van der Waals surface area contributed by atoms with E-state index in [2.05, 4.69) is 12.1 Å². The van der Waals surface area contributed by atoms with Crippen molar-refractivity contribution in [2.75, 3.05) is 13.7 Å². The second kappa shape index (κ2) is 11.7. The minimum Gasteiger partial charge on any atom is -0.465 e. The van der Waals surface area contributed by atoms with Crippen LogP contribution >= 0.6 is 0 Å². The maximum Gasteiger partial charge on any atom is 0.337 e. The number of ether oxygens (including phenoxy) is 1. The molecule has 42 heavy (non-hydrogen) atoms. The van der Waals surface area contributed by atoms with Gasteiger partial charge < -0.3 is 9.64 Å². The Kier molecular flexibility index (Phi) is 7.70. The predicted molar refractivity (Wildman–Crippen MR) is 159 cm³/mol. The molecule has 0 saturated heterocycles. The molecular weight excluding hydrogens is 529 g/mol. The minimum absolute atomic E-state index is 0.0558. The highest BCUT2D eigenvalue weighted by Crippen LogP contribution is 2.48. The number of carbonyl (C=O) groups is 3. The van der Waals surface area contributed by atoms with Gasteiger partial charge in [-0.25, -0.2) is 9.18 Å². The van der Waals surface area contributed by atoms with Crippen LogP contribution in [0.2, 0.25) is 0 Å². The highest BCUT2D eigenvalue weighted by atomic mass is 19.1. The Hall–Kier alpha value is -4.58. The van der Waals surface area contributed by atoms with Gasteiger partial charge in [-0.1, -0.05) is 66.7 Å². The van der Waals surface area contributed by atoms with Crippen LogP contribution in [0.4, 0.5) is 4.39 Å². The predicted octanol–water partition coefficient (Wildman–Crippen LogP) is 6.78. The molecule has 2 aliphatic rings. The summed E-state index contributed by atoms with van der Waals surface area (Å²) in [5, 5.41) is 0. The molecule has 1 heterocycles. The molecule has 0 spiro atoms. The van der Waals surface area contributed by atoms with Gasteiger partial charge in [0.2, 0.25) is 0 Å². The minimum atomic E-state index is -0.537. The highest BCUT2D eigenvalue weighted by Gasteiger charge is 2.43. The molecule has 1 fully saturated rings. The average Bonchev–Trinajstić information content (AvgIpc) is 3.84. The molecule has 1 aliphatic carbocycles. The zero-order chi connectivity index (χ0) is 29.2. The second-order valence-electron chi connectivity index (χ2n) is 11.1. The van der Waals surface area contributed by atoms with Gasteiger partial charge in [0, 0.05) is 25.4 Å². The number of aryl methyl sites for hydroxylation is 1. The average molecular weight is 562 g/mol. The fourth-order valence-electron chi connectivity index (χ4n) is 6.22. The van der Waals surface area contributed by atoms with Crippen LogP contribution in [0.15, 0.2) is 91.0 Å². The van der Waals surface area contributed by atoms with E-state index in [1.807, 2.05) is 48.5 Å². The Balaban J connectivity index is 1.29. The first kappa shape index (κ1) is 27.6. The van der Waals surface area contributed by atoms with E-state index in [-0.39, 0.29) is 23.2 Å². The van der Waals surface area contributed by atoms with Crippen molar-refractivity contribution in [3.8, 4) is 11.1 Å². The number of benzene rings is 4. The fourth-order valence-corrected chi connectivity index (χ4v) is 6.22. The number of halogens is 1. The number of hydrogen-bond acceptors (Lipinski definition) is 4. The molecule has 6 rings (SSSR count). The molecule has 2 unspecified atom stereocenters. The Morgan fingerprint density at radius 3 is 2.48 bits per heavy atom. The Labute approximate surface area is 244 Å². The molecule has 0 N–H and O–H groups in total. The van der Waals surface area contributed by atoms with Crippen molar-refractivity contribution in [2.24, 2.45) is 5.92 Å². The topological polar surface area (TPSA) is 63.7 Å². The Morgan fingerprint density at radius 2 is 1.69 bits per heavy atom. The van der Waals surface area contributed by atoms with Crippen LogP contribution in [0.1, 0.15) is 61.7 Å². The number of carbonyl (C=O) groups excluding carboxylic acids is 3. The van der Waals surface area contributed by atoms with E-state index >= 15 is 0 Å². The summed E-state index contributed by atoms with van der Waals surface area (Å²) >= 11 is 0. The first-order valence-electron chi connectivity index (χ1n) is 14.4. The molecule has 0 radical (unpaired) electrons. The molecule has 0 bridgehead atoms. The summed E-state index contributed by atoms with van der Waals surface area (Å²) in [6.45, 7) is 0.764. The molecule has 2 atom stereocenters. The first-order chi connectivity index (χ1) is 20.4. The van der Waals surface area contributed by atoms with Gasteiger partial charge in [0.15, 0.2) is 0 Å². The number of amides is 1. The molecule has 212 valence electrons. The van der Waals surface area contributed by atoms with Crippen LogP contribution in [-0.2, 0) is 28.9 Å². The van der Waals surface area contributed by atoms with E-state index in [0.29, 0.717) is 43.8 Å². The van der Waals surface area contributed by atoms with Crippen molar-refractivity contribution in [1.82, 2.24) is 4.90 Å².